The highest BCUT2D eigenvalue weighted by atomic mass is 19.4. The molecule has 1 saturated heterocycles. The molecule has 0 saturated carbocycles. The van der Waals surface area contributed by atoms with Gasteiger partial charge in [0.1, 0.15) is 5.82 Å². The van der Waals surface area contributed by atoms with Crippen LogP contribution in [0.4, 0.5) is 23.8 Å². The Bertz CT molecular complexity index is 1150. The molecule has 34 heavy (non-hydrogen) atoms. The van der Waals surface area contributed by atoms with E-state index in [9.17, 15) is 18.0 Å². The minimum absolute atomic E-state index is 0.128. The Balaban J connectivity index is 1.36. The van der Waals surface area contributed by atoms with Crippen LogP contribution in [0, 0.1) is 0 Å². The number of aromatic nitrogens is 2. The van der Waals surface area contributed by atoms with Gasteiger partial charge in [0, 0.05) is 24.6 Å². The van der Waals surface area contributed by atoms with Gasteiger partial charge in [0.05, 0.1) is 24.0 Å². The molecule has 2 aliphatic rings. The van der Waals surface area contributed by atoms with Gasteiger partial charge < -0.3 is 5.32 Å². The van der Waals surface area contributed by atoms with Crippen LogP contribution < -0.4 is 10.6 Å². The molecule has 0 spiro atoms. The maximum absolute atomic E-state index is 13.1. The zero-order chi connectivity index (χ0) is 23.7. The Labute approximate surface area is 195 Å². The molecular formula is C25H26F3N5O. The molecule has 2 amide bonds. The average Bonchev–Trinajstić information content (AvgIpc) is 3.50. The topological polar surface area (TPSA) is 62.2 Å². The van der Waals surface area contributed by atoms with Crippen molar-refractivity contribution in [2.45, 2.75) is 37.4 Å². The van der Waals surface area contributed by atoms with E-state index >= 15 is 0 Å². The number of aryl methyl sites for hydroxylation is 1. The molecule has 0 radical (unpaired) electrons. The molecule has 0 bridgehead atoms. The summed E-state index contributed by atoms with van der Waals surface area (Å²) in [5.74, 6) is 0.386. The van der Waals surface area contributed by atoms with Crippen molar-refractivity contribution in [3.63, 3.8) is 0 Å². The summed E-state index contributed by atoms with van der Waals surface area (Å²) < 4.78 is 40.9. The largest absolute Gasteiger partial charge is 0.401 e. The van der Waals surface area contributed by atoms with Gasteiger partial charge >= 0.3 is 12.2 Å². The number of para-hydroxylation sites is 1. The van der Waals surface area contributed by atoms with Crippen LogP contribution in [-0.2, 0) is 12.8 Å². The molecule has 2 N–H and O–H groups in total. The van der Waals surface area contributed by atoms with Gasteiger partial charge in [-0.2, -0.15) is 18.3 Å². The van der Waals surface area contributed by atoms with Gasteiger partial charge in [-0.05, 0) is 37.0 Å². The molecule has 178 valence electrons. The normalized spacial score (nSPS) is 20.3. The smallest absolute Gasteiger partial charge is 0.333 e. The summed E-state index contributed by atoms with van der Waals surface area (Å²) in [7, 11) is 0. The summed E-state index contributed by atoms with van der Waals surface area (Å²) in [6.07, 6.45) is -1.63. The Morgan fingerprint density at radius 3 is 2.41 bits per heavy atom. The molecule has 3 aromatic rings. The number of hydrogen-bond acceptors (Lipinski definition) is 3. The van der Waals surface area contributed by atoms with Crippen molar-refractivity contribution in [1.29, 1.82) is 0 Å². The summed E-state index contributed by atoms with van der Waals surface area (Å²) in [6, 6.07) is 18.1. The SMILES string of the molecule is O=C(Nc1c2c(nn1-c1ccccc1)CCC2)N[C@H]1CN(CC(F)(F)F)C[C@@H]1c1ccccc1. The lowest BCUT2D eigenvalue weighted by Gasteiger charge is -2.21. The summed E-state index contributed by atoms with van der Waals surface area (Å²) in [5.41, 5.74) is 3.74. The van der Waals surface area contributed by atoms with Crippen molar-refractivity contribution in [2.24, 2.45) is 0 Å². The number of fused-ring (bicyclic) bond motifs is 1. The number of alkyl halides is 3. The van der Waals surface area contributed by atoms with Crippen LogP contribution in [0.25, 0.3) is 5.69 Å². The molecule has 1 fully saturated rings. The summed E-state index contributed by atoms with van der Waals surface area (Å²) in [6.45, 7) is -0.640. The summed E-state index contributed by atoms with van der Waals surface area (Å²) in [5, 5.41) is 10.6. The van der Waals surface area contributed by atoms with E-state index in [1.54, 1.807) is 4.68 Å². The number of urea groups is 1. The zero-order valence-electron chi connectivity index (χ0n) is 18.6. The first-order chi connectivity index (χ1) is 16.4. The number of likely N-dealkylation sites (tertiary alicyclic amines) is 1. The molecule has 1 aliphatic heterocycles. The van der Waals surface area contributed by atoms with Crippen molar-refractivity contribution in [1.82, 2.24) is 20.0 Å². The van der Waals surface area contributed by atoms with Crippen molar-refractivity contribution in [3.05, 3.63) is 77.5 Å². The van der Waals surface area contributed by atoms with Gasteiger partial charge in [0.2, 0.25) is 0 Å². The number of amides is 2. The molecule has 1 aliphatic carbocycles. The summed E-state index contributed by atoms with van der Waals surface area (Å²) >= 11 is 0. The maximum atomic E-state index is 13.1. The third-order valence-corrected chi connectivity index (χ3v) is 6.48. The number of nitrogens with zero attached hydrogens (tertiary/aromatic N) is 3. The number of carbonyl (C=O) groups is 1. The van der Waals surface area contributed by atoms with E-state index in [1.165, 1.54) is 4.90 Å². The van der Waals surface area contributed by atoms with Crippen LogP contribution in [0.5, 0.6) is 0 Å². The number of nitrogens with one attached hydrogen (secondary N) is 2. The highest BCUT2D eigenvalue weighted by Gasteiger charge is 2.40. The van der Waals surface area contributed by atoms with Crippen molar-refractivity contribution < 1.29 is 18.0 Å². The monoisotopic (exact) mass is 469 g/mol. The van der Waals surface area contributed by atoms with E-state index in [0.29, 0.717) is 5.82 Å². The number of rotatable bonds is 5. The number of carbonyl (C=O) groups excluding carboxylic acids is 1. The van der Waals surface area contributed by atoms with Crippen LogP contribution >= 0.6 is 0 Å². The van der Waals surface area contributed by atoms with Gasteiger partial charge in [-0.25, -0.2) is 9.48 Å². The van der Waals surface area contributed by atoms with Crippen LogP contribution in [0.15, 0.2) is 60.7 Å². The standard InChI is InChI=1S/C25H26F3N5O/c26-25(27,28)16-32-14-20(17-8-3-1-4-9-17)22(15-32)29-24(34)30-23-19-12-7-13-21(19)31-33(23)18-10-5-2-6-11-18/h1-6,8-11,20,22H,7,12-16H2,(H2,29,30,34)/t20-,22+/m1/s1. The van der Waals surface area contributed by atoms with Gasteiger partial charge in [-0.1, -0.05) is 48.5 Å². The third kappa shape index (κ3) is 4.79. The van der Waals surface area contributed by atoms with E-state index in [4.69, 9.17) is 5.10 Å². The fraction of sp³-hybridized carbons (Fsp3) is 0.360. The van der Waals surface area contributed by atoms with Crippen LogP contribution in [0.1, 0.15) is 29.2 Å². The first-order valence-electron chi connectivity index (χ1n) is 11.4. The van der Waals surface area contributed by atoms with Crippen molar-refractivity contribution >= 4 is 11.8 Å². The molecular weight excluding hydrogens is 443 g/mol. The third-order valence-electron chi connectivity index (χ3n) is 6.48. The zero-order valence-corrected chi connectivity index (χ0v) is 18.6. The fourth-order valence-corrected chi connectivity index (χ4v) is 5.04. The second-order valence-electron chi connectivity index (χ2n) is 8.91. The Morgan fingerprint density at radius 2 is 1.71 bits per heavy atom. The molecule has 6 nitrogen and oxygen atoms in total. The van der Waals surface area contributed by atoms with Gasteiger partial charge in [-0.15, -0.1) is 0 Å². The fourth-order valence-electron chi connectivity index (χ4n) is 5.04. The Morgan fingerprint density at radius 1 is 1.00 bits per heavy atom. The average molecular weight is 470 g/mol. The minimum atomic E-state index is -4.29. The van der Waals surface area contributed by atoms with Gasteiger partial charge in [0.25, 0.3) is 0 Å². The highest BCUT2D eigenvalue weighted by Crippen LogP contribution is 2.32. The van der Waals surface area contributed by atoms with E-state index in [-0.39, 0.29) is 19.0 Å². The van der Waals surface area contributed by atoms with E-state index in [2.05, 4.69) is 10.6 Å². The van der Waals surface area contributed by atoms with Crippen molar-refractivity contribution in [3.8, 4) is 5.69 Å². The predicted octanol–water partition coefficient (Wildman–Crippen LogP) is 4.51. The molecule has 2 heterocycles. The molecule has 2 atom stereocenters. The summed E-state index contributed by atoms with van der Waals surface area (Å²) in [4.78, 5) is 14.5. The lowest BCUT2D eigenvalue weighted by Crippen LogP contribution is -2.43. The second kappa shape index (κ2) is 9.13. The van der Waals surface area contributed by atoms with E-state index in [1.807, 2.05) is 60.7 Å². The number of hydrogen-bond donors (Lipinski definition) is 2. The lowest BCUT2D eigenvalue weighted by molar-refractivity contribution is -0.143. The number of anilines is 1. The molecule has 9 heteroatoms. The molecule has 1 aromatic heterocycles. The van der Waals surface area contributed by atoms with Crippen LogP contribution in [-0.4, -0.2) is 52.6 Å². The molecule has 5 rings (SSSR count). The van der Waals surface area contributed by atoms with Gasteiger partial charge in [-0.3, -0.25) is 10.2 Å². The first-order valence-corrected chi connectivity index (χ1v) is 11.4. The van der Waals surface area contributed by atoms with E-state index < -0.39 is 24.8 Å². The Kier molecular flexibility index (Phi) is 6.03. The first kappa shape index (κ1) is 22.5. The molecule has 2 aromatic carbocycles. The maximum Gasteiger partial charge on any atom is 0.401 e. The van der Waals surface area contributed by atoms with Gasteiger partial charge in [0.15, 0.2) is 0 Å². The van der Waals surface area contributed by atoms with Crippen LogP contribution in [0.2, 0.25) is 0 Å². The highest BCUT2D eigenvalue weighted by molar-refractivity contribution is 5.90. The quantitative estimate of drug-likeness (QED) is 0.578. The number of halogens is 3. The van der Waals surface area contributed by atoms with E-state index in [0.717, 1.165) is 41.8 Å². The lowest BCUT2D eigenvalue weighted by atomic mass is 9.94. The molecule has 0 unspecified atom stereocenters. The minimum Gasteiger partial charge on any atom is -0.333 e. The van der Waals surface area contributed by atoms with Crippen molar-refractivity contribution in [2.75, 3.05) is 25.0 Å². The predicted molar refractivity (Wildman–Crippen MR) is 123 cm³/mol. The number of benzene rings is 2. The van der Waals surface area contributed by atoms with Crippen LogP contribution in [0.3, 0.4) is 0 Å². The Hall–Kier alpha value is -3.33. The second-order valence-corrected chi connectivity index (χ2v) is 8.91.